The number of aliphatic hydroxyl groups is 1. The minimum atomic E-state index is -1.09. The molecule has 2 aliphatic rings. The van der Waals surface area contributed by atoms with Crippen molar-refractivity contribution in [2.75, 3.05) is 25.7 Å². The average Bonchev–Trinajstić information content (AvgIpc) is 2.84. The minimum Gasteiger partial charge on any atom is -0.506 e. The third kappa shape index (κ3) is 5.52. The highest BCUT2D eigenvalue weighted by atomic mass is 32.2. The van der Waals surface area contributed by atoms with Gasteiger partial charge in [-0.05, 0) is 58.4 Å². The standard InChI is InChI=1S/C26H34O10S/c1-13-16(10-9-14-19(28)18(15(27)12-37-5)24(30)35-21(13)14)33-25-22(34-17-8-6-7-11-32-17)20(29)23(31-4)26(2,3)36-25/h9-10,17,20,22-23,25,28-29H,6-8,11-12H2,1-5H3/t17?,20-,22+,23+,25+/m0/s1. The molecule has 1 aromatic heterocycles. The summed E-state index contributed by atoms with van der Waals surface area (Å²) < 4.78 is 35.3. The molecule has 2 N–H and O–H groups in total. The van der Waals surface area contributed by atoms with Crippen LogP contribution < -0.4 is 10.4 Å². The van der Waals surface area contributed by atoms with E-state index in [-0.39, 0.29) is 22.3 Å². The molecule has 5 atom stereocenters. The Morgan fingerprint density at radius 3 is 2.68 bits per heavy atom. The lowest BCUT2D eigenvalue weighted by Crippen LogP contribution is -2.65. The van der Waals surface area contributed by atoms with Crippen LogP contribution in [0.4, 0.5) is 0 Å². The second-order valence-corrected chi connectivity index (χ2v) is 10.7. The van der Waals surface area contributed by atoms with Crippen LogP contribution in [0.1, 0.15) is 49.0 Å². The number of ketones is 1. The fourth-order valence-corrected chi connectivity index (χ4v) is 5.31. The van der Waals surface area contributed by atoms with Crippen molar-refractivity contribution in [3.05, 3.63) is 33.7 Å². The Kier molecular flexibility index (Phi) is 8.51. The number of hydrogen-bond acceptors (Lipinski definition) is 11. The van der Waals surface area contributed by atoms with E-state index in [1.54, 1.807) is 33.1 Å². The number of carbonyl (C=O) groups is 1. The largest absolute Gasteiger partial charge is 0.506 e. The lowest BCUT2D eigenvalue weighted by Gasteiger charge is -2.48. The summed E-state index contributed by atoms with van der Waals surface area (Å²) in [7, 11) is 1.49. The fourth-order valence-electron chi connectivity index (χ4n) is 4.90. The predicted molar refractivity (Wildman–Crippen MR) is 136 cm³/mol. The molecule has 10 nitrogen and oxygen atoms in total. The monoisotopic (exact) mass is 538 g/mol. The fraction of sp³-hybridized carbons (Fsp3) is 0.615. The van der Waals surface area contributed by atoms with Crippen molar-refractivity contribution in [2.45, 2.75) is 76.5 Å². The lowest BCUT2D eigenvalue weighted by molar-refractivity contribution is -0.339. The van der Waals surface area contributed by atoms with E-state index in [1.165, 1.54) is 24.9 Å². The van der Waals surface area contributed by atoms with E-state index in [9.17, 15) is 19.8 Å². The van der Waals surface area contributed by atoms with Crippen LogP contribution in [0.5, 0.6) is 11.5 Å². The number of rotatable bonds is 8. The molecule has 3 heterocycles. The number of carbonyl (C=O) groups excluding carboxylic acids is 1. The van der Waals surface area contributed by atoms with E-state index in [2.05, 4.69) is 0 Å². The van der Waals surface area contributed by atoms with E-state index >= 15 is 0 Å². The van der Waals surface area contributed by atoms with Gasteiger partial charge in [0.05, 0.1) is 16.7 Å². The molecule has 11 heteroatoms. The second-order valence-electron chi connectivity index (χ2n) is 9.79. The molecule has 0 aliphatic carbocycles. The number of methoxy groups -OCH3 is 1. The molecular formula is C26H34O10S. The maximum atomic E-state index is 12.6. The van der Waals surface area contributed by atoms with Crippen molar-refractivity contribution in [1.82, 2.24) is 0 Å². The van der Waals surface area contributed by atoms with Crippen LogP contribution in [0.25, 0.3) is 11.0 Å². The van der Waals surface area contributed by atoms with Crippen LogP contribution >= 0.6 is 11.8 Å². The second kappa shape index (κ2) is 11.3. The van der Waals surface area contributed by atoms with Gasteiger partial charge in [0.15, 0.2) is 18.2 Å². The molecule has 4 rings (SSSR count). The van der Waals surface area contributed by atoms with Crippen LogP contribution in [0, 0.1) is 6.92 Å². The number of fused-ring (bicyclic) bond motifs is 1. The van der Waals surface area contributed by atoms with E-state index in [0.717, 1.165) is 12.8 Å². The molecule has 1 aromatic carbocycles. The maximum Gasteiger partial charge on any atom is 0.351 e. The third-order valence-corrected chi connectivity index (χ3v) is 7.32. The summed E-state index contributed by atoms with van der Waals surface area (Å²) in [4.78, 5) is 24.9. The molecule has 2 fully saturated rings. The Morgan fingerprint density at radius 2 is 2.03 bits per heavy atom. The molecule has 37 heavy (non-hydrogen) atoms. The zero-order valence-electron chi connectivity index (χ0n) is 21.6. The van der Waals surface area contributed by atoms with E-state index in [0.29, 0.717) is 24.3 Å². The molecule has 0 bridgehead atoms. The molecule has 2 aromatic rings. The van der Waals surface area contributed by atoms with E-state index in [1.807, 2.05) is 0 Å². The van der Waals surface area contributed by atoms with Gasteiger partial charge < -0.3 is 38.3 Å². The van der Waals surface area contributed by atoms with Crippen LogP contribution in [0.2, 0.25) is 0 Å². The lowest BCUT2D eigenvalue weighted by atomic mass is 9.89. The first-order chi connectivity index (χ1) is 17.6. The number of Topliss-reactive ketones (excluding diaryl/α,β-unsaturated/α-hetero) is 1. The number of aromatic hydroxyl groups is 1. The number of hydrogen-bond donors (Lipinski definition) is 2. The van der Waals surface area contributed by atoms with Crippen molar-refractivity contribution >= 4 is 28.5 Å². The van der Waals surface area contributed by atoms with Crippen LogP contribution in [-0.4, -0.2) is 78.2 Å². The first-order valence-electron chi connectivity index (χ1n) is 12.2. The zero-order chi connectivity index (χ0) is 26.9. The normalized spacial score (nSPS) is 27.8. The van der Waals surface area contributed by atoms with Gasteiger partial charge in [0.2, 0.25) is 6.29 Å². The summed E-state index contributed by atoms with van der Waals surface area (Å²) in [6.45, 7) is 5.79. The predicted octanol–water partition coefficient (Wildman–Crippen LogP) is 3.15. The zero-order valence-corrected chi connectivity index (χ0v) is 22.5. The first-order valence-corrected chi connectivity index (χ1v) is 13.6. The first kappa shape index (κ1) is 27.9. The smallest absolute Gasteiger partial charge is 0.351 e. The summed E-state index contributed by atoms with van der Waals surface area (Å²) in [6, 6.07) is 3.09. The SMILES string of the molecule is CO[C@@H]1[C@@H](O)[C@@H](OC2CCCCO2)[C@H](Oc2ccc3c(O)c(C(=O)CSC)c(=O)oc3c2C)OC1(C)C. The number of aliphatic hydroxyl groups excluding tert-OH is 1. The summed E-state index contributed by atoms with van der Waals surface area (Å²) in [6.07, 6.45) is -0.0151. The van der Waals surface area contributed by atoms with Crippen LogP contribution in [0.15, 0.2) is 21.3 Å². The van der Waals surface area contributed by atoms with E-state index in [4.69, 9.17) is 28.1 Å². The van der Waals surface area contributed by atoms with Crippen molar-refractivity contribution in [3.63, 3.8) is 0 Å². The van der Waals surface area contributed by atoms with Crippen molar-refractivity contribution in [3.8, 4) is 11.5 Å². The molecular weight excluding hydrogens is 504 g/mol. The van der Waals surface area contributed by atoms with Gasteiger partial charge in [-0.1, -0.05) is 0 Å². The Hall–Kier alpha value is -2.15. The Balaban J connectivity index is 1.69. The summed E-state index contributed by atoms with van der Waals surface area (Å²) in [5.74, 6) is -0.609. The molecule has 0 radical (unpaired) electrons. The van der Waals surface area contributed by atoms with E-state index < -0.39 is 53.7 Å². The molecule has 1 unspecified atom stereocenters. The van der Waals surface area contributed by atoms with Crippen molar-refractivity contribution in [2.24, 2.45) is 0 Å². The van der Waals surface area contributed by atoms with Gasteiger partial charge in [0.1, 0.15) is 34.9 Å². The average molecular weight is 539 g/mol. The highest BCUT2D eigenvalue weighted by Crippen LogP contribution is 2.38. The van der Waals surface area contributed by atoms with Gasteiger partial charge >= 0.3 is 5.63 Å². The Labute approximate surface area is 219 Å². The number of thioether (sulfide) groups is 1. The van der Waals surface area contributed by atoms with Gasteiger partial charge in [-0.3, -0.25) is 4.79 Å². The highest BCUT2D eigenvalue weighted by Gasteiger charge is 2.52. The molecule has 2 aliphatic heterocycles. The molecule has 204 valence electrons. The van der Waals surface area contributed by atoms with Gasteiger partial charge in [0, 0.05) is 19.3 Å². The van der Waals surface area contributed by atoms with Crippen molar-refractivity contribution < 1.29 is 43.1 Å². The molecule has 0 saturated carbocycles. The maximum absolute atomic E-state index is 12.6. The van der Waals surface area contributed by atoms with Gasteiger partial charge in [-0.2, -0.15) is 11.8 Å². The van der Waals surface area contributed by atoms with Gasteiger partial charge in [-0.25, -0.2) is 4.79 Å². The summed E-state index contributed by atoms with van der Waals surface area (Å²) in [5, 5.41) is 22.1. The number of aryl methyl sites for hydroxylation is 1. The quantitative estimate of drug-likeness (QED) is 0.379. The molecule has 2 saturated heterocycles. The molecule has 0 amide bonds. The highest BCUT2D eigenvalue weighted by molar-refractivity contribution is 7.99. The topological polar surface area (TPSA) is 134 Å². The number of benzene rings is 1. The van der Waals surface area contributed by atoms with Crippen molar-refractivity contribution in [1.29, 1.82) is 0 Å². The minimum absolute atomic E-state index is 0.0374. The molecule has 0 spiro atoms. The summed E-state index contributed by atoms with van der Waals surface area (Å²) >= 11 is 1.24. The van der Waals surface area contributed by atoms with Gasteiger partial charge in [-0.15, -0.1) is 0 Å². The van der Waals surface area contributed by atoms with Crippen LogP contribution in [0.3, 0.4) is 0 Å². The summed E-state index contributed by atoms with van der Waals surface area (Å²) in [5.41, 5.74) is -1.73. The Bertz CT molecular complexity index is 1190. The third-order valence-electron chi connectivity index (χ3n) is 6.77. The van der Waals surface area contributed by atoms with Gasteiger partial charge in [0.25, 0.3) is 0 Å². The number of ether oxygens (including phenoxy) is 5. The van der Waals surface area contributed by atoms with Crippen LogP contribution in [-0.2, 0) is 18.9 Å². The Morgan fingerprint density at radius 1 is 1.27 bits per heavy atom.